The molecule has 18 heavy (non-hydrogen) atoms. The van der Waals surface area contributed by atoms with Gasteiger partial charge < -0.3 is 9.47 Å². The lowest BCUT2D eigenvalue weighted by Crippen LogP contribution is -2.02. The highest BCUT2D eigenvalue weighted by Gasteiger charge is 2.07. The van der Waals surface area contributed by atoms with E-state index < -0.39 is 0 Å². The molecule has 3 heteroatoms. The van der Waals surface area contributed by atoms with Gasteiger partial charge in [0.2, 0.25) is 0 Å². The Bertz CT molecular complexity index is 350. The predicted molar refractivity (Wildman–Crippen MR) is 77.0 cm³/mol. The molecule has 0 aromatic heterocycles. The fourth-order valence-electron chi connectivity index (χ4n) is 1.82. The van der Waals surface area contributed by atoms with Crippen molar-refractivity contribution in [2.75, 3.05) is 13.7 Å². The number of ether oxygens (including phenoxy) is 2. The van der Waals surface area contributed by atoms with Crippen molar-refractivity contribution in [2.45, 2.75) is 44.9 Å². The maximum atomic E-state index is 6.01. The summed E-state index contributed by atoms with van der Waals surface area (Å²) in [5.74, 6) is 1.61. The van der Waals surface area contributed by atoms with E-state index in [1.165, 1.54) is 18.4 Å². The van der Waals surface area contributed by atoms with Gasteiger partial charge in [0.05, 0.1) is 13.7 Å². The van der Waals surface area contributed by atoms with Gasteiger partial charge in [-0.3, -0.25) is 0 Å². The highest BCUT2D eigenvalue weighted by atomic mass is 35.5. The van der Waals surface area contributed by atoms with Crippen LogP contribution in [0.3, 0.4) is 0 Å². The molecule has 0 heterocycles. The van der Waals surface area contributed by atoms with Crippen LogP contribution in [-0.2, 0) is 6.42 Å². The molecule has 1 atom stereocenters. The number of hydrogen-bond acceptors (Lipinski definition) is 2. The molecule has 0 saturated heterocycles. The van der Waals surface area contributed by atoms with Gasteiger partial charge in [-0.15, -0.1) is 11.6 Å². The van der Waals surface area contributed by atoms with Crippen molar-refractivity contribution in [3.63, 3.8) is 0 Å². The van der Waals surface area contributed by atoms with E-state index in [4.69, 9.17) is 21.1 Å². The summed E-state index contributed by atoms with van der Waals surface area (Å²) in [6.07, 6.45) is 4.32. The molecule has 0 aliphatic carbocycles. The molecule has 0 aliphatic rings. The van der Waals surface area contributed by atoms with Crippen LogP contribution >= 0.6 is 11.6 Å². The Morgan fingerprint density at radius 3 is 2.61 bits per heavy atom. The van der Waals surface area contributed by atoms with Gasteiger partial charge in [0.25, 0.3) is 0 Å². The first-order valence-electron chi connectivity index (χ1n) is 6.61. The molecular weight excluding hydrogens is 248 g/mol. The van der Waals surface area contributed by atoms with Crippen LogP contribution in [0.1, 0.15) is 38.7 Å². The van der Waals surface area contributed by atoms with Crippen LogP contribution < -0.4 is 9.47 Å². The molecule has 0 bridgehead atoms. The number of rotatable bonds is 8. The largest absolute Gasteiger partial charge is 0.493 e. The van der Waals surface area contributed by atoms with Crippen molar-refractivity contribution in [2.24, 2.45) is 0 Å². The summed E-state index contributed by atoms with van der Waals surface area (Å²) in [5.41, 5.74) is 1.18. The Morgan fingerprint density at radius 2 is 2.00 bits per heavy atom. The summed E-state index contributed by atoms with van der Waals surface area (Å²) < 4.78 is 11.1. The average Bonchev–Trinajstić information content (AvgIpc) is 2.34. The lowest BCUT2D eigenvalue weighted by atomic mass is 10.1. The minimum absolute atomic E-state index is 0.131. The Labute approximate surface area is 115 Å². The van der Waals surface area contributed by atoms with Crippen LogP contribution in [0.15, 0.2) is 18.2 Å². The summed E-state index contributed by atoms with van der Waals surface area (Å²) in [6.45, 7) is 4.92. The molecule has 0 amide bonds. The van der Waals surface area contributed by atoms with Crippen molar-refractivity contribution in [1.82, 2.24) is 0 Å². The van der Waals surface area contributed by atoms with Crippen LogP contribution in [0, 0.1) is 0 Å². The van der Waals surface area contributed by atoms with Gasteiger partial charge in [-0.2, -0.15) is 0 Å². The highest BCUT2D eigenvalue weighted by molar-refractivity contribution is 6.20. The standard InChI is InChI=1S/C15H23ClO2/c1-4-5-6-9-18-15-11-13(10-12(2)16)7-8-14(15)17-3/h7-8,11-12H,4-6,9-10H2,1-3H3. The fourth-order valence-corrected chi connectivity index (χ4v) is 2.00. The molecule has 0 spiro atoms. The number of alkyl halides is 1. The molecule has 0 fully saturated rings. The van der Waals surface area contributed by atoms with Crippen molar-refractivity contribution in [3.05, 3.63) is 23.8 Å². The topological polar surface area (TPSA) is 18.5 Å². The van der Waals surface area contributed by atoms with Crippen LogP contribution in [0.25, 0.3) is 0 Å². The summed E-state index contributed by atoms with van der Waals surface area (Å²) in [5, 5.41) is 0.131. The first-order valence-corrected chi connectivity index (χ1v) is 7.04. The van der Waals surface area contributed by atoms with Crippen molar-refractivity contribution >= 4 is 11.6 Å². The van der Waals surface area contributed by atoms with E-state index in [0.29, 0.717) is 0 Å². The maximum Gasteiger partial charge on any atom is 0.161 e. The molecule has 1 unspecified atom stereocenters. The normalized spacial score (nSPS) is 12.2. The number of unbranched alkanes of at least 4 members (excludes halogenated alkanes) is 2. The molecule has 0 radical (unpaired) electrons. The molecule has 1 aromatic rings. The van der Waals surface area contributed by atoms with Gasteiger partial charge in [0.15, 0.2) is 11.5 Å². The van der Waals surface area contributed by atoms with Crippen LogP contribution in [0.2, 0.25) is 0 Å². The molecule has 0 saturated carbocycles. The minimum atomic E-state index is 0.131. The summed E-state index contributed by atoms with van der Waals surface area (Å²) in [6, 6.07) is 6.02. The summed E-state index contributed by atoms with van der Waals surface area (Å²) in [7, 11) is 1.66. The minimum Gasteiger partial charge on any atom is -0.493 e. The highest BCUT2D eigenvalue weighted by Crippen LogP contribution is 2.29. The van der Waals surface area contributed by atoms with Gasteiger partial charge >= 0.3 is 0 Å². The lowest BCUT2D eigenvalue weighted by Gasteiger charge is -2.12. The van der Waals surface area contributed by atoms with E-state index in [-0.39, 0.29) is 5.38 Å². The van der Waals surface area contributed by atoms with Gasteiger partial charge in [-0.05, 0) is 37.5 Å². The van der Waals surface area contributed by atoms with E-state index in [9.17, 15) is 0 Å². The Kier molecular flexibility index (Phi) is 6.96. The monoisotopic (exact) mass is 270 g/mol. The Balaban J connectivity index is 2.66. The third-order valence-corrected chi connectivity index (χ3v) is 2.90. The third kappa shape index (κ3) is 5.18. The fraction of sp³-hybridized carbons (Fsp3) is 0.600. The van der Waals surface area contributed by atoms with Crippen LogP contribution in [0.5, 0.6) is 11.5 Å². The first-order chi connectivity index (χ1) is 8.67. The van der Waals surface area contributed by atoms with Crippen LogP contribution in [-0.4, -0.2) is 19.1 Å². The van der Waals surface area contributed by atoms with Crippen molar-refractivity contribution < 1.29 is 9.47 Å². The molecule has 1 rings (SSSR count). The van der Waals surface area contributed by atoms with E-state index in [1.807, 2.05) is 25.1 Å². The molecule has 1 aromatic carbocycles. The molecule has 2 nitrogen and oxygen atoms in total. The Hall–Kier alpha value is -0.890. The van der Waals surface area contributed by atoms with Crippen molar-refractivity contribution in [3.8, 4) is 11.5 Å². The van der Waals surface area contributed by atoms with Gasteiger partial charge in [0, 0.05) is 5.38 Å². The number of halogens is 1. The van der Waals surface area contributed by atoms with Gasteiger partial charge in [-0.25, -0.2) is 0 Å². The molecule has 0 aliphatic heterocycles. The third-order valence-electron chi connectivity index (χ3n) is 2.75. The summed E-state index contributed by atoms with van der Waals surface area (Å²) >= 11 is 6.01. The van der Waals surface area contributed by atoms with Gasteiger partial charge in [-0.1, -0.05) is 25.8 Å². The van der Waals surface area contributed by atoms with Crippen LogP contribution in [0.4, 0.5) is 0 Å². The smallest absolute Gasteiger partial charge is 0.161 e. The van der Waals surface area contributed by atoms with Crippen molar-refractivity contribution in [1.29, 1.82) is 0 Å². The van der Waals surface area contributed by atoms with E-state index in [1.54, 1.807) is 7.11 Å². The predicted octanol–water partition coefficient (Wildman–Crippen LogP) is 4.43. The second-order valence-electron chi connectivity index (χ2n) is 4.53. The maximum absolute atomic E-state index is 6.01. The Morgan fingerprint density at radius 1 is 1.22 bits per heavy atom. The zero-order valence-electron chi connectivity index (χ0n) is 11.5. The average molecular weight is 271 g/mol. The number of benzene rings is 1. The number of methoxy groups -OCH3 is 1. The lowest BCUT2D eigenvalue weighted by molar-refractivity contribution is 0.285. The second-order valence-corrected chi connectivity index (χ2v) is 5.27. The SMILES string of the molecule is CCCCCOc1cc(CC(C)Cl)ccc1OC. The zero-order valence-corrected chi connectivity index (χ0v) is 12.3. The van der Waals surface area contributed by atoms with E-state index >= 15 is 0 Å². The first kappa shape index (κ1) is 15.2. The quantitative estimate of drug-likeness (QED) is 0.514. The van der Waals surface area contributed by atoms with E-state index in [2.05, 4.69) is 6.92 Å². The molecular formula is C15H23ClO2. The van der Waals surface area contributed by atoms with E-state index in [0.717, 1.165) is 30.9 Å². The summed E-state index contributed by atoms with van der Waals surface area (Å²) in [4.78, 5) is 0. The number of hydrogen-bond donors (Lipinski definition) is 0. The van der Waals surface area contributed by atoms with Gasteiger partial charge in [0.1, 0.15) is 0 Å². The molecule has 102 valence electrons. The zero-order chi connectivity index (χ0) is 13.4. The molecule has 0 N–H and O–H groups in total. The second kappa shape index (κ2) is 8.25.